The SMILES string of the molecule is COc1ccc2nc(N(CCN(C)C)C(=O)C3CC(=O)N(c4ccc(F)cc4)C3)sc2c1. The minimum absolute atomic E-state index is 0.118. The van der Waals surface area contributed by atoms with Crippen molar-refractivity contribution in [2.24, 2.45) is 5.92 Å². The standard InChI is InChI=1S/C23H25FN4O3S/c1-26(2)10-11-27(23-25-19-9-8-18(31-3)13-20(19)32-23)22(30)15-12-21(29)28(14-15)17-6-4-16(24)5-7-17/h4-9,13,15H,10-12,14H2,1-3H3. The Labute approximate surface area is 190 Å². The molecule has 2 heterocycles. The van der Waals surface area contributed by atoms with Crippen LogP contribution in [0.25, 0.3) is 10.2 Å². The van der Waals surface area contributed by atoms with Crippen LogP contribution in [-0.2, 0) is 9.59 Å². The maximum Gasteiger partial charge on any atom is 0.234 e. The summed E-state index contributed by atoms with van der Waals surface area (Å²) < 4.78 is 19.5. The van der Waals surface area contributed by atoms with Gasteiger partial charge in [-0.3, -0.25) is 14.5 Å². The van der Waals surface area contributed by atoms with Gasteiger partial charge in [0.1, 0.15) is 11.6 Å². The fourth-order valence-electron chi connectivity index (χ4n) is 3.70. The number of likely N-dealkylation sites (N-methyl/N-ethyl adjacent to an activating group) is 1. The first-order chi connectivity index (χ1) is 15.4. The van der Waals surface area contributed by atoms with Gasteiger partial charge in [0.05, 0.1) is 23.2 Å². The highest BCUT2D eigenvalue weighted by Gasteiger charge is 2.38. The van der Waals surface area contributed by atoms with Crippen LogP contribution < -0.4 is 14.5 Å². The van der Waals surface area contributed by atoms with E-state index in [1.54, 1.807) is 29.0 Å². The van der Waals surface area contributed by atoms with Crippen LogP contribution in [0, 0.1) is 11.7 Å². The van der Waals surface area contributed by atoms with Gasteiger partial charge in [0.2, 0.25) is 11.8 Å². The second-order valence-corrected chi connectivity index (χ2v) is 9.01. The lowest BCUT2D eigenvalue weighted by atomic mass is 10.1. The third-order valence-electron chi connectivity index (χ3n) is 5.46. The third-order valence-corrected chi connectivity index (χ3v) is 6.51. The van der Waals surface area contributed by atoms with E-state index >= 15 is 0 Å². The number of thiazole rings is 1. The Morgan fingerprint density at radius 1 is 1.22 bits per heavy atom. The van der Waals surface area contributed by atoms with E-state index in [-0.39, 0.29) is 30.6 Å². The summed E-state index contributed by atoms with van der Waals surface area (Å²) in [6.07, 6.45) is 0.118. The van der Waals surface area contributed by atoms with Crippen molar-refractivity contribution in [1.29, 1.82) is 0 Å². The molecule has 0 saturated carbocycles. The van der Waals surface area contributed by atoms with Crippen molar-refractivity contribution in [3.05, 3.63) is 48.3 Å². The first-order valence-electron chi connectivity index (χ1n) is 10.3. The number of hydrogen-bond donors (Lipinski definition) is 0. The largest absolute Gasteiger partial charge is 0.497 e. The Hall–Kier alpha value is -3.04. The number of fused-ring (bicyclic) bond motifs is 1. The van der Waals surface area contributed by atoms with Crippen molar-refractivity contribution in [1.82, 2.24) is 9.88 Å². The fraction of sp³-hybridized carbons (Fsp3) is 0.348. The molecule has 0 N–H and O–H groups in total. The molecule has 1 aromatic heterocycles. The van der Waals surface area contributed by atoms with Crippen molar-refractivity contribution < 1.29 is 18.7 Å². The van der Waals surface area contributed by atoms with E-state index in [0.717, 1.165) is 16.0 Å². The van der Waals surface area contributed by atoms with Crippen LogP contribution in [0.3, 0.4) is 0 Å². The van der Waals surface area contributed by atoms with Gasteiger partial charge >= 0.3 is 0 Å². The summed E-state index contributed by atoms with van der Waals surface area (Å²) in [4.78, 5) is 36.1. The number of amides is 2. The number of hydrogen-bond acceptors (Lipinski definition) is 6. The number of nitrogens with zero attached hydrogens (tertiary/aromatic N) is 4. The summed E-state index contributed by atoms with van der Waals surface area (Å²) in [5.74, 6) is -0.394. The van der Waals surface area contributed by atoms with Crippen molar-refractivity contribution >= 4 is 44.2 Å². The molecule has 1 aliphatic heterocycles. The van der Waals surface area contributed by atoms with E-state index in [2.05, 4.69) is 4.98 Å². The van der Waals surface area contributed by atoms with Gasteiger partial charge in [0.15, 0.2) is 5.13 Å². The maximum absolute atomic E-state index is 13.5. The normalized spacial score (nSPS) is 16.2. The minimum atomic E-state index is -0.490. The van der Waals surface area contributed by atoms with Crippen molar-refractivity contribution in [2.45, 2.75) is 6.42 Å². The lowest BCUT2D eigenvalue weighted by Crippen LogP contribution is -2.41. The number of methoxy groups -OCH3 is 1. The lowest BCUT2D eigenvalue weighted by Gasteiger charge is -2.24. The first-order valence-corrected chi connectivity index (χ1v) is 11.1. The number of halogens is 1. The Bertz CT molecular complexity index is 1130. The van der Waals surface area contributed by atoms with Crippen LogP contribution in [0.4, 0.5) is 15.2 Å². The Morgan fingerprint density at radius 2 is 1.97 bits per heavy atom. The number of benzene rings is 2. The van der Waals surface area contributed by atoms with E-state index < -0.39 is 5.92 Å². The zero-order chi connectivity index (χ0) is 22.8. The van der Waals surface area contributed by atoms with Gasteiger partial charge < -0.3 is 14.5 Å². The molecule has 1 saturated heterocycles. The van der Waals surface area contributed by atoms with E-state index in [4.69, 9.17) is 4.74 Å². The molecule has 1 fully saturated rings. The Balaban J connectivity index is 1.59. The van der Waals surface area contributed by atoms with E-state index in [1.807, 2.05) is 37.2 Å². The van der Waals surface area contributed by atoms with E-state index in [1.165, 1.54) is 23.5 Å². The summed E-state index contributed by atoms with van der Waals surface area (Å²) in [5.41, 5.74) is 1.39. The average molecular weight is 457 g/mol. The molecule has 168 valence electrons. The molecule has 1 unspecified atom stereocenters. The van der Waals surface area contributed by atoms with Crippen molar-refractivity contribution in [3.63, 3.8) is 0 Å². The van der Waals surface area contributed by atoms with Crippen LogP contribution in [0.1, 0.15) is 6.42 Å². The van der Waals surface area contributed by atoms with Crippen LogP contribution in [0.2, 0.25) is 0 Å². The molecule has 2 amide bonds. The molecule has 32 heavy (non-hydrogen) atoms. The smallest absolute Gasteiger partial charge is 0.234 e. The van der Waals surface area contributed by atoms with E-state index in [9.17, 15) is 14.0 Å². The third kappa shape index (κ3) is 4.58. The molecule has 9 heteroatoms. The number of rotatable bonds is 7. The lowest BCUT2D eigenvalue weighted by molar-refractivity contribution is -0.124. The summed E-state index contributed by atoms with van der Waals surface area (Å²) in [5, 5.41) is 0.604. The molecule has 0 spiro atoms. The summed E-state index contributed by atoms with van der Waals surface area (Å²) in [6.45, 7) is 1.39. The maximum atomic E-state index is 13.5. The summed E-state index contributed by atoms with van der Waals surface area (Å²) in [6, 6.07) is 11.4. The zero-order valence-corrected chi connectivity index (χ0v) is 19.1. The topological polar surface area (TPSA) is 66.0 Å². The van der Waals surface area contributed by atoms with Crippen LogP contribution in [-0.4, -0.2) is 62.5 Å². The summed E-state index contributed by atoms with van der Waals surface area (Å²) in [7, 11) is 5.50. The van der Waals surface area contributed by atoms with Gasteiger partial charge in [-0.2, -0.15) is 0 Å². The quantitative estimate of drug-likeness (QED) is 0.545. The average Bonchev–Trinajstić information content (AvgIpc) is 3.37. The van der Waals surface area contributed by atoms with Crippen LogP contribution in [0.5, 0.6) is 5.75 Å². The predicted octanol–water partition coefficient (Wildman–Crippen LogP) is 3.39. The van der Waals surface area contributed by atoms with Gasteiger partial charge in [-0.25, -0.2) is 9.37 Å². The van der Waals surface area contributed by atoms with Crippen molar-refractivity contribution in [2.75, 3.05) is 50.6 Å². The molecule has 2 aromatic carbocycles. The molecule has 0 aliphatic carbocycles. The first kappa shape index (κ1) is 22.2. The van der Waals surface area contributed by atoms with Gasteiger partial charge in [-0.05, 0) is 56.6 Å². The number of anilines is 2. The highest BCUT2D eigenvalue weighted by molar-refractivity contribution is 7.22. The van der Waals surface area contributed by atoms with Crippen LogP contribution in [0.15, 0.2) is 42.5 Å². The number of aromatic nitrogens is 1. The molecule has 4 rings (SSSR count). The zero-order valence-electron chi connectivity index (χ0n) is 18.2. The fourth-order valence-corrected chi connectivity index (χ4v) is 4.72. The number of carbonyl (C=O) groups is 2. The highest BCUT2D eigenvalue weighted by atomic mass is 32.1. The van der Waals surface area contributed by atoms with Gasteiger partial charge in [0.25, 0.3) is 0 Å². The van der Waals surface area contributed by atoms with Gasteiger partial charge in [-0.15, -0.1) is 0 Å². The monoisotopic (exact) mass is 456 g/mol. The summed E-state index contributed by atoms with van der Waals surface area (Å²) >= 11 is 1.43. The van der Waals surface area contributed by atoms with Crippen molar-refractivity contribution in [3.8, 4) is 5.75 Å². The molecule has 0 bridgehead atoms. The molecule has 1 atom stereocenters. The second-order valence-electron chi connectivity index (χ2n) is 8.01. The van der Waals surface area contributed by atoms with E-state index in [0.29, 0.717) is 23.9 Å². The molecule has 1 aliphatic rings. The molecule has 3 aromatic rings. The number of carbonyl (C=O) groups excluding carboxylic acids is 2. The van der Waals surface area contributed by atoms with Gasteiger partial charge in [-0.1, -0.05) is 11.3 Å². The molecular weight excluding hydrogens is 431 g/mol. The molecule has 7 nitrogen and oxygen atoms in total. The Morgan fingerprint density at radius 3 is 2.66 bits per heavy atom. The molecule has 0 radical (unpaired) electrons. The predicted molar refractivity (Wildman–Crippen MR) is 124 cm³/mol. The van der Waals surface area contributed by atoms with Crippen LogP contribution >= 0.6 is 11.3 Å². The highest BCUT2D eigenvalue weighted by Crippen LogP contribution is 2.34. The Kier molecular flexibility index (Phi) is 6.38. The second kappa shape index (κ2) is 9.22. The number of ether oxygens (including phenoxy) is 1. The molecular formula is C23H25FN4O3S. The van der Waals surface area contributed by atoms with Gasteiger partial charge in [0, 0.05) is 31.7 Å². The minimum Gasteiger partial charge on any atom is -0.497 e.